The minimum absolute atomic E-state index is 0.397. The molecule has 0 aliphatic carbocycles. The molecule has 2 aromatic rings. The zero-order valence-electron chi connectivity index (χ0n) is 9.69. The molecule has 0 radical (unpaired) electrons. The van der Waals surface area contributed by atoms with Gasteiger partial charge in [0.2, 0.25) is 0 Å². The topological polar surface area (TPSA) is 58.9 Å². The van der Waals surface area contributed by atoms with Crippen LogP contribution in [0.2, 0.25) is 0 Å². The van der Waals surface area contributed by atoms with Crippen molar-refractivity contribution < 1.29 is 19.4 Å². The zero-order chi connectivity index (χ0) is 12.8. The first-order chi connectivity index (χ1) is 8.74. The van der Waals surface area contributed by atoms with Crippen molar-refractivity contribution in [1.29, 1.82) is 0 Å². The molecular formula is C13H13BO4. The summed E-state index contributed by atoms with van der Waals surface area (Å²) in [7, 11) is -1.79. The molecule has 92 valence electrons. The lowest BCUT2D eigenvalue weighted by Crippen LogP contribution is -2.20. The van der Waals surface area contributed by atoms with Crippen molar-refractivity contribution in [3.63, 3.8) is 0 Å². The normalized spacial score (nSPS) is 9.89. The summed E-state index contributed by atoms with van der Waals surface area (Å²) >= 11 is 0. The highest BCUT2D eigenvalue weighted by molar-refractivity contribution is 6.33. The van der Waals surface area contributed by atoms with E-state index in [4.69, 9.17) is 19.4 Å². The van der Waals surface area contributed by atoms with Gasteiger partial charge in [0.05, 0.1) is 0 Å². The molecule has 0 aromatic heterocycles. The van der Waals surface area contributed by atoms with Gasteiger partial charge in [0, 0.05) is 0 Å². The summed E-state index contributed by atoms with van der Waals surface area (Å²) in [6, 6.07) is 16.5. The Kier molecular flexibility index (Phi) is 4.22. The van der Waals surface area contributed by atoms with Gasteiger partial charge in [-0.2, -0.15) is 0 Å². The Hall–Kier alpha value is -1.98. The van der Waals surface area contributed by atoms with Crippen LogP contribution in [0.5, 0.6) is 11.5 Å². The smallest absolute Gasteiger partial charge is 0.512 e. The van der Waals surface area contributed by atoms with Crippen molar-refractivity contribution in [2.45, 2.75) is 6.61 Å². The molecule has 0 saturated heterocycles. The third kappa shape index (κ3) is 3.80. The predicted molar refractivity (Wildman–Crippen MR) is 68.0 cm³/mol. The molecule has 4 nitrogen and oxygen atoms in total. The molecule has 0 spiro atoms. The molecule has 5 heteroatoms. The third-order valence-corrected chi connectivity index (χ3v) is 2.31. The Labute approximate surface area is 106 Å². The summed E-state index contributed by atoms with van der Waals surface area (Å²) in [6.45, 7) is 0.450. The zero-order valence-corrected chi connectivity index (χ0v) is 9.69. The molecule has 0 amide bonds. The first-order valence-electron chi connectivity index (χ1n) is 5.53. The van der Waals surface area contributed by atoms with Crippen molar-refractivity contribution >= 4 is 7.32 Å². The number of hydrogen-bond acceptors (Lipinski definition) is 4. The minimum Gasteiger partial charge on any atom is -0.512 e. The Bertz CT molecular complexity index is 470. The second kappa shape index (κ2) is 6.09. The number of hydrogen-bond donors (Lipinski definition) is 2. The van der Waals surface area contributed by atoms with Gasteiger partial charge in [-0.25, -0.2) is 0 Å². The molecule has 18 heavy (non-hydrogen) atoms. The SMILES string of the molecule is OB(O)Oc1ccc(COc2ccccc2)cc1. The molecule has 2 aromatic carbocycles. The average Bonchev–Trinajstić information content (AvgIpc) is 2.38. The van der Waals surface area contributed by atoms with Gasteiger partial charge < -0.3 is 19.4 Å². The van der Waals surface area contributed by atoms with Crippen molar-refractivity contribution in [2.75, 3.05) is 0 Å². The van der Waals surface area contributed by atoms with Gasteiger partial charge >= 0.3 is 7.32 Å². The highest BCUT2D eigenvalue weighted by Crippen LogP contribution is 2.15. The monoisotopic (exact) mass is 244 g/mol. The van der Waals surface area contributed by atoms with Gasteiger partial charge in [-0.1, -0.05) is 30.3 Å². The van der Waals surface area contributed by atoms with Crippen molar-refractivity contribution in [2.24, 2.45) is 0 Å². The van der Waals surface area contributed by atoms with E-state index < -0.39 is 7.32 Å². The highest BCUT2D eigenvalue weighted by Gasteiger charge is 2.10. The maximum atomic E-state index is 8.64. The van der Waals surface area contributed by atoms with Gasteiger partial charge in [-0.15, -0.1) is 0 Å². The Morgan fingerprint density at radius 2 is 1.50 bits per heavy atom. The van der Waals surface area contributed by atoms with Crippen LogP contribution in [0, 0.1) is 0 Å². The number of ether oxygens (including phenoxy) is 1. The number of rotatable bonds is 5. The Morgan fingerprint density at radius 3 is 2.11 bits per heavy atom. The molecule has 0 bridgehead atoms. The summed E-state index contributed by atoms with van der Waals surface area (Å²) in [5.74, 6) is 1.21. The van der Waals surface area contributed by atoms with E-state index in [-0.39, 0.29) is 0 Å². The van der Waals surface area contributed by atoms with Gasteiger partial charge in [0.15, 0.2) is 0 Å². The van der Waals surface area contributed by atoms with E-state index in [1.165, 1.54) is 0 Å². The summed E-state index contributed by atoms with van der Waals surface area (Å²) < 4.78 is 10.3. The van der Waals surface area contributed by atoms with E-state index in [9.17, 15) is 0 Å². The maximum Gasteiger partial charge on any atom is 0.707 e. The lowest BCUT2D eigenvalue weighted by molar-refractivity contribution is 0.287. The fraction of sp³-hybridized carbons (Fsp3) is 0.0769. The number of benzene rings is 2. The lowest BCUT2D eigenvalue weighted by Gasteiger charge is -2.08. The van der Waals surface area contributed by atoms with Gasteiger partial charge in [-0.3, -0.25) is 0 Å². The van der Waals surface area contributed by atoms with Crippen molar-refractivity contribution in [3.8, 4) is 11.5 Å². The van der Waals surface area contributed by atoms with E-state index in [1.54, 1.807) is 24.3 Å². The minimum atomic E-state index is -1.79. The van der Waals surface area contributed by atoms with Gasteiger partial charge in [0.25, 0.3) is 0 Å². The van der Waals surface area contributed by atoms with E-state index in [0.29, 0.717) is 12.4 Å². The van der Waals surface area contributed by atoms with Crippen LogP contribution in [0.3, 0.4) is 0 Å². The van der Waals surface area contributed by atoms with Crippen LogP contribution in [0.4, 0.5) is 0 Å². The molecule has 0 fully saturated rings. The fourth-order valence-corrected chi connectivity index (χ4v) is 1.47. The van der Waals surface area contributed by atoms with Crippen LogP contribution >= 0.6 is 0 Å². The van der Waals surface area contributed by atoms with Crippen LogP contribution in [0.25, 0.3) is 0 Å². The predicted octanol–water partition coefficient (Wildman–Crippen LogP) is 1.61. The molecule has 2 N–H and O–H groups in total. The lowest BCUT2D eigenvalue weighted by atomic mass is 10.2. The quantitative estimate of drug-likeness (QED) is 0.784. The first-order valence-corrected chi connectivity index (χ1v) is 5.53. The second-order valence-corrected chi connectivity index (χ2v) is 3.69. The molecule has 0 aliphatic heterocycles. The summed E-state index contributed by atoms with van der Waals surface area (Å²) in [5, 5.41) is 17.3. The van der Waals surface area contributed by atoms with Crippen LogP contribution in [0.15, 0.2) is 54.6 Å². The van der Waals surface area contributed by atoms with E-state index in [0.717, 1.165) is 11.3 Å². The molecular weight excluding hydrogens is 231 g/mol. The Balaban J connectivity index is 1.90. The van der Waals surface area contributed by atoms with E-state index in [1.807, 2.05) is 30.3 Å². The van der Waals surface area contributed by atoms with Crippen LogP contribution in [-0.2, 0) is 6.61 Å². The summed E-state index contributed by atoms with van der Waals surface area (Å²) in [4.78, 5) is 0. The standard InChI is InChI=1S/C13H13BO4/c15-14(16)18-13-8-6-11(7-9-13)10-17-12-4-2-1-3-5-12/h1-9,15-16H,10H2. The van der Waals surface area contributed by atoms with Gasteiger partial charge in [-0.05, 0) is 29.8 Å². The maximum absolute atomic E-state index is 8.64. The number of para-hydroxylation sites is 1. The summed E-state index contributed by atoms with van der Waals surface area (Å²) in [6.07, 6.45) is 0. The Morgan fingerprint density at radius 1 is 0.833 bits per heavy atom. The second-order valence-electron chi connectivity index (χ2n) is 3.69. The van der Waals surface area contributed by atoms with E-state index >= 15 is 0 Å². The molecule has 0 aliphatic rings. The van der Waals surface area contributed by atoms with E-state index in [2.05, 4.69) is 0 Å². The van der Waals surface area contributed by atoms with Crippen LogP contribution in [0.1, 0.15) is 5.56 Å². The molecule has 0 heterocycles. The summed E-state index contributed by atoms with van der Waals surface area (Å²) in [5.41, 5.74) is 0.971. The van der Waals surface area contributed by atoms with Crippen molar-refractivity contribution in [1.82, 2.24) is 0 Å². The van der Waals surface area contributed by atoms with Crippen LogP contribution in [-0.4, -0.2) is 17.4 Å². The molecule has 0 saturated carbocycles. The fourth-order valence-electron chi connectivity index (χ4n) is 1.47. The molecule has 2 rings (SSSR count). The third-order valence-electron chi connectivity index (χ3n) is 2.31. The molecule has 0 unspecified atom stereocenters. The average molecular weight is 244 g/mol. The largest absolute Gasteiger partial charge is 0.707 e. The van der Waals surface area contributed by atoms with Gasteiger partial charge in [0.1, 0.15) is 18.1 Å². The van der Waals surface area contributed by atoms with Crippen LogP contribution < -0.4 is 9.39 Å². The van der Waals surface area contributed by atoms with Crippen molar-refractivity contribution in [3.05, 3.63) is 60.2 Å². The molecule has 0 atom stereocenters. The highest BCUT2D eigenvalue weighted by atomic mass is 16.6. The first kappa shape index (κ1) is 12.5.